The molecular formula is C22H25F2NO4. The van der Waals surface area contributed by atoms with Gasteiger partial charge in [0.05, 0.1) is 5.56 Å². The van der Waals surface area contributed by atoms with Gasteiger partial charge in [-0.05, 0) is 41.2 Å². The fourth-order valence-electron chi connectivity index (χ4n) is 2.88. The van der Waals surface area contributed by atoms with Crippen molar-refractivity contribution in [2.24, 2.45) is 0 Å². The number of hydrogen-bond donors (Lipinski definition) is 1. The Hall–Kier alpha value is -2.96. The lowest BCUT2D eigenvalue weighted by Gasteiger charge is -2.20. The molecule has 29 heavy (non-hydrogen) atoms. The second kappa shape index (κ2) is 10.0. The van der Waals surface area contributed by atoms with Crippen molar-refractivity contribution < 1.29 is 27.8 Å². The Morgan fingerprint density at radius 2 is 1.55 bits per heavy atom. The highest BCUT2D eigenvalue weighted by atomic mass is 19.3. The van der Waals surface area contributed by atoms with Crippen LogP contribution in [0.1, 0.15) is 61.0 Å². The zero-order chi connectivity index (χ0) is 21.6. The van der Waals surface area contributed by atoms with Crippen molar-refractivity contribution >= 4 is 17.6 Å². The maximum Gasteiger partial charge on any atom is 0.387 e. The molecule has 5 nitrogen and oxygen atoms in total. The van der Waals surface area contributed by atoms with Gasteiger partial charge in [-0.2, -0.15) is 8.78 Å². The first-order chi connectivity index (χ1) is 13.7. The lowest BCUT2D eigenvalue weighted by molar-refractivity contribution is -0.119. The van der Waals surface area contributed by atoms with Gasteiger partial charge in [0.25, 0.3) is 5.91 Å². The minimum absolute atomic E-state index is 0.0152. The molecule has 0 aliphatic rings. The fraction of sp³-hybridized carbons (Fsp3) is 0.364. The molecule has 0 atom stereocenters. The van der Waals surface area contributed by atoms with Crippen molar-refractivity contribution in [1.82, 2.24) is 0 Å². The minimum Gasteiger partial charge on any atom is -0.452 e. The van der Waals surface area contributed by atoms with E-state index in [1.54, 1.807) is 0 Å². The van der Waals surface area contributed by atoms with Gasteiger partial charge >= 0.3 is 12.6 Å². The number of benzene rings is 2. The third kappa shape index (κ3) is 6.27. The van der Waals surface area contributed by atoms with E-state index in [0.717, 1.165) is 22.9 Å². The SMILES string of the molecule is CC(C)c1cccc(C(C)C)c1NC(=O)COC(=O)c1cccc(OC(F)F)c1. The Kier molecular flexibility index (Phi) is 7.70. The lowest BCUT2D eigenvalue weighted by Crippen LogP contribution is -2.22. The lowest BCUT2D eigenvalue weighted by atomic mass is 9.92. The molecule has 0 saturated carbocycles. The normalized spacial score (nSPS) is 11.1. The first kappa shape index (κ1) is 22.3. The molecule has 2 aromatic carbocycles. The molecular weight excluding hydrogens is 380 g/mol. The number of halogens is 2. The molecule has 2 rings (SSSR count). The summed E-state index contributed by atoms with van der Waals surface area (Å²) in [5.74, 6) is -1.05. The Morgan fingerprint density at radius 3 is 2.10 bits per heavy atom. The summed E-state index contributed by atoms with van der Waals surface area (Å²) in [4.78, 5) is 24.5. The van der Waals surface area contributed by atoms with Gasteiger partial charge in [0.2, 0.25) is 0 Å². The van der Waals surface area contributed by atoms with Crippen molar-refractivity contribution in [3.63, 3.8) is 0 Å². The van der Waals surface area contributed by atoms with Crippen LogP contribution in [0.3, 0.4) is 0 Å². The van der Waals surface area contributed by atoms with Crippen LogP contribution in [0.4, 0.5) is 14.5 Å². The van der Waals surface area contributed by atoms with Crippen LogP contribution in [0.2, 0.25) is 0 Å². The van der Waals surface area contributed by atoms with E-state index in [9.17, 15) is 18.4 Å². The van der Waals surface area contributed by atoms with Gasteiger partial charge < -0.3 is 14.8 Å². The Labute approximate surface area is 169 Å². The maximum absolute atomic E-state index is 12.4. The summed E-state index contributed by atoms with van der Waals surface area (Å²) in [6.45, 7) is 4.63. The molecule has 0 aliphatic carbocycles. The number of carbonyl (C=O) groups is 2. The molecule has 7 heteroatoms. The predicted octanol–water partition coefficient (Wildman–Crippen LogP) is 5.33. The number of para-hydroxylation sites is 1. The van der Waals surface area contributed by atoms with Gasteiger partial charge in [0, 0.05) is 5.69 Å². The van der Waals surface area contributed by atoms with E-state index in [2.05, 4.69) is 10.1 Å². The molecule has 0 spiro atoms. The van der Waals surface area contributed by atoms with Crippen molar-refractivity contribution in [2.75, 3.05) is 11.9 Å². The summed E-state index contributed by atoms with van der Waals surface area (Å²) in [5.41, 5.74) is 2.73. The van der Waals surface area contributed by atoms with Gasteiger partial charge in [-0.3, -0.25) is 4.79 Å². The van der Waals surface area contributed by atoms with Gasteiger partial charge in [-0.1, -0.05) is 52.0 Å². The van der Waals surface area contributed by atoms with Crippen molar-refractivity contribution in [3.8, 4) is 5.75 Å². The van der Waals surface area contributed by atoms with Crippen LogP contribution in [0.25, 0.3) is 0 Å². The molecule has 2 aromatic rings. The van der Waals surface area contributed by atoms with Gasteiger partial charge in [-0.25, -0.2) is 4.79 Å². The molecule has 0 saturated heterocycles. The number of anilines is 1. The van der Waals surface area contributed by atoms with Crippen LogP contribution >= 0.6 is 0 Å². The Balaban J connectivity index is 2.06. The number of hydrogen-bond acceptors (Lipinski definition) is 4. The highest BCUT2D eigenvalue weighted by molar-refractivity contribution is 5.96. The second-order valence-electron chi connectivity index (χ2n) is 7.15. The maximum atomic E-state index is 12.4. The van der Waals surface area contributed by atoms with E-state index < -0.39 is 25.1 Å². The number of alkyl halides is 2. The third-order valence-electron chi connectivity index (χ3n) is 4.27. The molecule has 0 aromatic heterocycles. The zero-order valence-electron chi connectivity index (χ0n) is 16.9. The number of nitrogens with one attached hydrogen (secondary N) is 1. The summed E-state index contributed by atoms with van der Waals surface area (Å²) in [5, 5.41) is 2.85. The summed E-state index contributed by atoms with van der Waals surface area (Å²) < 4.78 is 33.9. The largest absolute Gasteiger partial charge is 0.452 e. The van der Waals surface area contributed by atoms with Crippen LogP contribution < -0.4 is 10.1 Å². The Morgan fingerprint density at radius 1 is 0.966 bits per heavy atom. The fourth-order valence-corrected chi connectivity index (χ4v) is 2.88. The molecule has 0 unspecified atom stereocenters. The van der Waals surface area contributed by atoms with E-state index in [1.807, 2.05) is 45.9 Å². The number of esters is 1. The monoisotopic (exact) mass is 405 g/mol. The molecule has 156 valence electrons. The predicted molar refractivity (Wildman–Crippen MR) is 107 cm³/mol. The number of amides is 1. The highest BCUT2D eigenvalue weighted by Gasteiger charge is 2.17. The summed E-state index contributed by atoms with van der Waals surface area (Å²) in [6, 6.07) is 11.1. The van der Waals surface area contributed by atoms with Gasteiger partial charge in [0.15, 0.2) is 6.61 Å². The van der Waals surface area contributed by atoms with Crippen molar-refractivity contribution in [1.29, 1.82) is 0 Å². The van der Waals surface area contributed by atoms with Crippen LogP contribution in [0, 0.1) is 0 Å². The van der Waals surface area contributed by atoms with E-state index in [4.69, 9.17) is 4.74 Å². The molecule has 0 bridgehead atoms. The topological polar surface area (TPSA) is 64.6 Å². The molecule has 0 radical (unpaired) electrons. The number of ether oxygens (including phenoxy) is 2. The molecule has 0 heterocycles. The van der Waals surface area contributed by atoms with E-state index >= 15 is 0 Å². The highest BCUT2D eigenvalue weighted by Crippen LogP contribution is 2.32. The summed E-state index contributed by atoms with van der Waals surface area (Å²) in [7, 11) is 0. The van der Waals surface area contributed by atoms with E-state index in [1.165, 1.54) is 18.2 Å². The van der Waals surface area contributed by atoms with Gasteiger partial charge in [-0.15, -0.1) is 0 Å². The van der Waals surface area contributed by atoms with Crippen LogP contribution in [0.5, 0.6) is 5.75 Å². The van der Waals surface area contributed by atoms with E-state index in [-0.39, 0.29) is 23.1 Å². The van der Waals surface area contributed by atoms with Crippen LogP contribution in [-0.2, 0) is 9.53 Å². The first-order valence-electron chi connectivity index (χ1n) is 9.33. The molecule has 0 aliphatic heterocycles. The average Bonchev–Trinajstić information content (AvgIpc) is 2.65. The van der Waals surface area contributed by atoms with E-state index in [0.29, 0.717) is 0 Å². The van der Waals surface area contributed by atoms with Crippen molar-refractivity contribution in [3.05, 3.63) is 59.2 Å². The van der Waals surface area contributed by atoms with Crippen LogP contribution in [-0.4, -0.2) is 25.1 Å². The summed E-state index contributed by atoms with van der Waals surface area (Å²) >= 11 is 0. The summed E-state index contributed by atoms with van der Waals surface area (Å²) in [6.07, 6.45) is 0. The van der Waals surface area contributed by atoms with Crippen molar-refractivity contribution in [2.45, 2.75) is 46.1 Å². The molecule has 1 N–H and O–H groups in total. The second-order valence-corrected chi connectivity index (χ2v) is 7.15. The van der Waals surface area contributed by atoms with Gasteiger partial charge in [0.1, 0.15) is 5.75 Å². The minimum atomic E-state index is -3.00. The molecule has 1 amide bonds. The van der Waals surface area contributed by atoms with Crippen LogP contribution in [0.15, 0.2) is 42.5 Å². The third-order valence-corrected chi connectivity index (χ3v) is 4.27. The first-order valence-corrected chi connectivity index (χ1v) is 9.33. The average molecular weight is 405 g/mol. The quantitative estimate of drug-likeness (QED) is 0.603. The number of rotatable bonds is 8. The molecule has 0 fully saturated rings. The zero-order valence-corrected chi connectivity index (χ0v) is 16.9. The smallest absolute Gasteiger partial charge is 0.387 e. The standard InChI is InChI=1S/C22H25F2NO4/c1-13(2)17-9-6-10-18(14(3)4)20(17)25-19(26)12-28-21(27)15-7-5-8-16(11-15)29-22(23)24/h5-11,13-14,22H,12H2,1-4H3,(H,25,26). The number of carbonyl (C=O) groups excluding carboxylic acids is 2. The Bertz CT molecular complexity index is 839.